The maximum atomic E-state index is 12.6. The average molecular weight is 303 g/mol. The lowest BCUT2D eigenvalue weighted by atomic mass is 9.86. The van der Waals surface area contributed by atoms with Gasteiger partial charge in [-0.2, -0.15) is 0 Å². The van der Waals surface area contributed by atoms with E-state index in [0.29, 0.717) is 11.4 Å². The second kappa shape index (κ2) is 4.88. The lowest BCUT2D eigenvalue weighted by Gasteiger charge is -2.28. The Morgan fingerprint density at radius 2 is 1.78 bits per heavy atom. The molecule has 0 radical (unpaired) electrons. The molecule has 0 atom stereocenters. The van der Waals surface area contributed by atoms with E-state index in [4.69, 9.17) is 4.99 Å². The van der Waals surface area contributed by atoms with Gasteiger partial charge in [0.15, 0.2) is 5.69 Å². The molecule has 0 unspecified atom stereocenters. The maximum Gasteiger partial charge on any atom is 0.276 e. The van der Waals surface area contributed by atoms with Crippen LogP contribution in [0.15, 0.2) is 58.3 Å². The minimum absolute atomic E-state index is 0.199. The number of hydrogen-bond donors (Lipinski definition) is 1. The molecule has 2 heterocycles. The van der Waals surface area contributed by atoms with Crippen LogP contribution in [0.4, 0.5) is 0 Å². The molecule has 4 heteroatoms. The molecule has 0 amide bonds. The molecule has 1 aliphatic heterocycles. The molecule has 0 bridgehead atoms. The van der Waals surface area contributed by atoms with Crippen LogP contribution in [0.5, 0.6) is 0 Å². The van der Waals surface area contributed by atoms with Crippen LogP contribution in [0.1, 0.15) is 30.7 Å². The van der Waals surface area contributed by atoms with Gasteiger partial charge in [0.25, 0.3) is 5.56 Å². The fraction of sp³-hybridized carbons (Fsp3) is 0.211. The summed E-state index contributed by atoms with van der Waals surface area (Å²) in [7, 11) is 0. The third-order valence-corrected chi connectivity index (χ3v) is 4.13. The Morgan fingerprint density at radius 3 is 2.65 bits per heavy atom. The van der Waals surface area contributed by atoms with Crippen LogP contribution in [0.25, 0.3) is 11.0 Å². The SMILES string of the molecule is CC1(C)Cc2ccccc2C(c2nc3ccccc3[nH]c2=O)=N1. The lowest BCUT2D eigenvalue weighted by Crippen LogP contribution is -2.32. The van der Waals surface area contributed by atoms with Gasteiger partial charge in [-0.15, -0.1) is 0 Å². The standard InChI is InChI=1S/C19H17N3O/c1-19(2)11-12-7-3-4-8-13(12)16(22-19)17-18(23)21-15-10-6-5-9-14(15)20-17/h3-10H,11H2,1-2H3,(H,21,23). The van der Waals surface area contributed by atoms with E-state index in [1.807, 2.05) is 42.5 Å². The zero-order valence-corrected chi connectivity index (χ0v) is 13.1. The number of rotatable bonds is 1. The number of para-hydroxylation sites is 2. The smallest absolute Gasteiger partial charge is 0.276 e. The van der Waals surface area contributed by atoms with Crippen LogP contribution in [-0.2, 0) is 6.42 Å². The summed E-state index contributed by atoms with van der Waals surface area (Å²) in [4.78, 5) is 24.9. The van der Waals surface area contributed by atoms with Gasteiger partial charge in [-0.05, 0) is 38.0 Å². The number of aromatic nitrogens is 2. The largest absolute Gasteiger partial charge is 0.319 e. The normalized spacial score (nSPS) is 16.0. The molecule has 0 aliphatic carbocycles. The number of fused-ring (bicyclic) bond motifs is 2. The molecular formula is C19H17N3O. The van der Waals surface area contributed by atoms with Crippen molar-refractivity contribution >= 4 is 16.7 Å². The van der Waals surface area contributed by atoms with E-state index < -0.39 is 0 Å². The molecule has 2 aromatic carbocycles. The number of H-pyrrole nitrogens is 1. The van der Waals surface area contributed by atoms with Crippen LogP contribution in [0.3, 0.4) is 0 Å². The first-order chi connectivity index (χ1) is 11.0. The van der Waals surface area contributed by atoms with E-state index in [-0.39, 0.29) is 11.1 Å². The summed E-state index contributed by atoms with van der Waals surface area (Å²) in [5.74, 6) is 0. The van der Waals surface area contributed by atoms with E-state index in [1.165, 1.54) is 5.56 Å². The highest BCUT2D eigenvalue weighted by molar-refractivity contribution is 6.13. The Hall–Kier alpha value is -2.75. The third kappa shape index (κ3) is 2.36. The van der Waals surface area contributed by atoms with Crippen molar-refractivity contribution in [2.45, 2.75) is 25.8 Å². The number of aliphatic imine (C=N–C) groups is 1. The fourth-order valence-corrected chi connectivity index (χ4v) is 3.14. The molecule has 1 N–H and O–H groups in total. The molecule has 1 aromatic heterocycles. The molecule has 3 aromatic rings. The van der Waals surface area contributed by atoms with Crippen LogP contribution < -0.4 is 5.56 Å². The minimum atomic E-state index is -0.247. The van der Waals surface area contributed by atoms with Crippen LogP contribution >= 0.6 is 0 Å². The topological polar surface area (TPSA) is 58.1 Å². The Balaban J connectivity index is 2.01. The molecule has 0 spiro atoms. The molecule has 4 nitrogen and oxygen atoms in total. The van der Waals surface area contributed by atoms with Gasteiger partial charge in [-0.3, -0.25) is 9.79 Å². The summed E-state index contributed by atoms with van der Waals surface area (Å²) < 4.78 is 0. The predicted molar refractivity (Wildman–Crippen MR) is 92.2 cm³/mol. The summed E-state index contributed by atoms with van der Waals surface area (Å²) in [5, 5.41) is 0. The molecule has 4 rings (SSSR count). The number of hydrogen-bond acceptors (Lipinski definition) is 3. The first kappa shape index (κ1) is 13.9. The Labute approximate surface area is 133 Å². The summed E-state index contributed by atoms with van der Waals surface area (Å²) in [6.45, 7) is 4.16. The van der Waals surface area contributed by atoms with Crippen molar-refractivity contribution in [3.8, 4) is 0 Å². The summed E-state index contributed by atoms with van der Waals surface area (Å²) in [6.07, 6.45) is 0.859. The fourth-order valence-electron chi connectivity index (χ4n) is 3.14. The molecule has 23 heavy (non-hydrogen) atoms. The zero-order chi connectivity index (χ0) is 16.0. The van der Waals surface area contributed by atoms with Gasteiger partial charge >= 0.3 is 0 Å². The third-order valence-electron chi connectivity index (χ3n) is 4.13. The Bertz CT molecular complexity index is 999. The highest BCUT2D eigenvalue weighted by Gasteiger charge is 2.29. The van der Waals surface area contributed by atoms with Gasteiger partial charge in [0, 0.05) is 5.56 Å². The molecule has 0 saturated heterocycles. The van der Waals surface area contributed by atoms with Crippen molar-refractivity contribution in [1.82, 2.24) is 9.97 Å². The van der Waals surface area contributed by atoms with E-state index >= 15 is 0 Å². The van der Waals surface area contributed by atoms with E-state index in [9.17, 15) is 4.79 Å². The monoisotopic (exact) mass is 303 g/mol. The lowest BCUT2D eigenvalue weighted by molar-refractivity contribution is 0.513. The second-order valence-corrected chi connectivity index (χ2v) is 6.54. The van der Waals surface area contributed by atoms with Crippen molar-refractivity contribution < 1.29 is 0 Å². The second-order valence-electron chi connectivity index (χ2n) is 6.54. The summed E-state index contributed by atoms with van der Waals surface area (Å²) in [6, 6.07) is 15.7. The van der Waals surface area contributed by atoms with Crippen molar-refractivity contribution in [3.63, 3.8) is 0 Å². The van der Waals surface area contributed by atoms with Gasteiger partial charge in [0.2, 0.25) is 0 Å². The minimum Gasteiger partial charge on any atom is -0.319 e. The molecule has 0 saturated carbocycles. The van der Waals surface area contributed by atoms with Gasteiger partial charge in [-0.25, -0.2) is 4.98 Å². The first-order valence-corrected chi connectivity index (χ1v) is 7.71. The molecule has 0 fully saturated rings. The van der Waals surface area contributed by atoms with Crippen molar-refractivity contribution in [3.05, 3.63) is 75.7 Å². The number of nitrogens with zero attached hydrogens (tertiary/aromatic N) is 2. The van der Waals surface area contributed by atoms with E-state index in [1.54, 1.807) is 0 Å². The van der Waals surface area contributed by atoms with Crippen molar-refractivity contribution in [2.24, 2.45) is 4.99 Å². The van der Waals surface area contributed by atoms with Crippen molar-refractivity contribution in [1.29, 1.82) is 0 Å². The zero-order valence-electron chi connectivity index (χ0n) is 13.1. The summed E-state index contributed by atoms with van der Waals surface area (Å²) in [5.41, 5.74) is 4.35. The Kier molecular flexibility index (Phi) is 2.94. The van der Waals surface area contributed by atoms with Gasteiger partial charge < -0.3 is 4.98 Å². The van der Waals surface area contributed by atoms with Crippen molar-refractivity contribution in [2.75, 3.05) is 0 Å². The van der Waals surface area contributed by atoms with Gasteiger partial charge in [0.1, 0.15) is 0 Å². The molecular weight excluding hydrogens is 286 g/mol. The summed E-state index contributed by atoms with van der Waals surface area (Å²) >= 11 is 0. The quantitative estimate of drug-likeness (QED) is 0.751. The van der Waals surface area contributed by atoms with E-state index in [0.717, 1.165) is 23.0 Å². The maximum absolute atomic E-state index is 12.6. The van der Waals surface area contributed by atoms with E-state index in [2.05, 4.69) is 29.9 Å². The average Bonchev–Trinajstić information content (AvgIpc) is 2.52. The number of nitrogens with one attached hydrogen (secondary N) is 1. The predicted octanol–water partition coefficient (Wildman–Crippen LogP) is 3.10. The van der Waals surface area contributed by atoms with Crippen LogP contribution in [0.2, 0.25) is 0 Å². The first-order valence-electron chi connectivity index (χ1n) is 7.71. The highest BCUT2D eigenvalue weighted by atomic mass is 16.1. The highest BCUT2D eigenvalue weighted by Crippen LogP contribution is 2.28. The molecule has 1 aliphatic rings. The molecule has 114 valence electrons. The van der Waals surface area contributed by atoms with Crippen LogP contribution in [0, 0.1) is 0 Å². The van der Waals surface area contributed by atoms with Gasteiger partial charge in [-0.1, -0.05) is 36.4 Å². The van der Waals surface area contributed by atoms with Gasteiger partial charge in [0.05, 0.1) is 22.3 Å². The number of benzene rings is 2. The van der Waals surface area contributed by atoms with Crippen LogP contribution in [-0.4, -0.2) is 21.2 Å². The Morgan fingerprint density at radius 1 is 1.04 bits per heavy atom. The number of aromatic amines is 1.